The van der Waals surface area contributed by atoms with E-state index in [4.69, 9.17) is 0 Å². The third kappa shape index (κ3) is 3.41. The van der Waals surface area contributed by atoms with E-state index in [1.165, 1.54) is 0 Å². The number of rotatable bonds is 0. The fraction of sp³-hybridized carbons (Fsp3) is 0.667. The second-order valence-electron chi connectivity index (χ2n) is 8.94. The molecule has 0 saturated heterocycles. The van der Waals surface area contributed by atoms with Gasteiger partial charge in [0, 0.05) is 11.1 Å². The van der Waals surface area contributed by atoms with Crippen molar-refractivity contribution in [2.75, 3.05) is 0 Å². The van der Waals surface area contributed by atoms with E-state index in [0.29, 0.717) is 33.8 Å². The molecule has 2 N–H and O–H groups in total. The molecule has 156 valence electrons. The quantitative estimate of drug-likeness (QED) is 0.604. The van der Waals surface area contributed by atoms with Crippen molar-refractivity contribution in [3.8, 4) is 0 Å². The van der Waals surface area contributed by atoms with Gasteiger partial charge >= 0.3 is 0 Å². The van der Waals surface area contributed by atoms with E-state index in [-0.39, 0.29) is 10.8 Å². The minimum Gasteiger partial charge on any atom is -0.269 e. The first-order chi connectivity index (χ1) is 12.7. The molecule has 2 heterocycles. The Bertz CT molecular complexity index is 946. The summed E-state index contributed by atoms with van der Waals surface area (Å²) in [4.78, 5) is 23.6. The molecule has 0 unspecified atom stereocenters. The van der Waals surface area contributed by atoms with Gasteiger partial charge in [0.15, 0.2) is 0 Å². The van der Waals surface area contributed by atoms with Crippen LogP contribution in [0.1, 0.15) is 66.2 Å². The summed E-state index contributed by atoms with van der Waals surface area (Å²) in [6, 6.07) is 0. The summed E-state index contributed by atoms with van der Waals surface area (Å²) in [5.74, 6) is -0.852. The first-order valence-corrected chi connectivity index (χ1v) is 12.3. The van der Waals surface area contributed by atoms with E-state index < -0.39 is 31.9 Å². The van der Waals surface area contributed by atoms with Crippen molar-refractivity contribution in [3.63, 3.8) is 0 Å². The van der Waals surface area contributed by atoms with Gasteiger partial charge in [0.25, 0.3) is 31.9 Å². The minimum absolute atomic E-state index is 0.304. The lowest BCUT2D eigenvalue weighted by atomic mass is 9.75. The molecule has 0 saturated carbocycles. The van der Waals surface area contributed by atoms with Crippen LogP contribution in [-0.4, -0.2) is 28.6 Å². The van der Waals surface area contributed by atoms with Crippen LogP contribution in [0.25, 0.3) is 0 Å². The van der Waals surface area contributed by atoms with E-state index in [2.05, 4.69) is 0 Å². The highest BCUT2D eigenvalue weighted by molar-refractivity contribution is 7.94. The molecule has 8 nitrogen and oxygen atoms in total. The zero-order valence-corrected chi connectivity index (χ0v) is 18.1. The summed E-state index contributed by atoms with van der Waals surface area (Å²) in [5.41, 5.74) is 0.343. The molecule has 0 fully saturated rings. The predicted molar refractivity (Wildman–Crippen MR) is 103 cm³/mol. The van der Waals surface area contributed by atoms with Crippen molar-refractivity contribution in [3.05, 3.63) is 21.0 Å². The standard InChI is InChI=1S/2C9H13NO3S/c2*1-9(2)5-3-4-6-7(9)8(11)10-14(6,12)13/h2*3-5H2,1-2H3,(H,10,11). The van der Waals surface area contributed by atoms with Gasteiger partial charge in [-0.05, 0) is 49.4 Å². The van der Waals surface area contributed by atoms with Crippen molar-refractivity contribution < 1.29 is 26.4 Å². The molecule has 0 aromatic rings. The van der Waals surface area contributed by atoms with E-state index in [9.17, 15) is 26.4 Å². The van der Waals surface area contributed by atoms with Gasteiger partial charge in [0.1, 0.15) is 0 Å². The fourth-order valence-electron chi connectivity index (χ4n) is 4.51. The van der Waals surface area contributed by atoms with Crippen LogP contribution in [0.4, 0.5) is 0 Å². The summed E-state index contributed by atoms with van der Waals surface area (Å²) in [6.07, 6.45) is 4.41. The SMILES string of the molecule is CC1(C)CCCC2=C1C(=O)NS2(=O)=O.CC1(C)CCCC2=C1C(=O)NS2(=O)=O. The van der Waals surface area contributed by atoms with Crippen LogP contribution < -0.4 is 9.44 Å². The van der Waals surface area contributed by atoms with Gasteiger partial charge in [0.2, 0.25) is 0 Å². The van der Waals surface area contributed by atoms with E-state index in [0.717, 1.165) is 25.7 Å². The number of amides is 2. The molecule has 4 aliphatic rings. The molecule has 0 radical (unpaired) electrons. The van der Waals surface area contributed by atoms with Crippen molar-refractivity contribution in [2.45, 2.75) is 66.2 Å². The molecule has 2 aliphatic carbocycles. The molecule has 2 amide bonds. The van der Waals surface area contributed by atoms with Crippen molar-refractivity contribution in [2.24, 2.45) is 10.8 Å². The Labute approximate surface area is 165 Å². The summed E-state index contributed by atoms with van der Waals surface area (Å²) in [5, 5.41) is 0. The Kier molecular flexibility index (Phi) is 4.82. The minimum atomic E-state index is -3.49. The van der Waals surface area contributed by atoms with Crippen LogP contribution in [0.15, 0.2) is 21.0 Å². The van der Waals surface area contributed by atoms with Gasteiger partial charge in [-0.15, -0.1) is 0 Å². The molecule has 2 aliphatic heterocycles. The lowest BCUT2D eigenvalue weighted by Crippen LogP contribution is -2.27. The van der Waals surface area contributed by atoms with Crippen LogP contribution >= 0.6 is 0 Å². The molecule has 28 heavy (non-hydrogen) atoms. The summed E-state index contributed by atoms with van der Waals surface area (Å²) >= 11 is 0. The number of sulfonamides is 2. The lowest BCUT2D eigenvalue weighted by molar-refractivity contribution is -0.117. The summed E-state index contributed by atoms with van der Waals surface area (Å²) < 4.78 is 50.1. The van der Waals surface area contributed by atoms with Crippen molar-refractivity contribution >= 4 is 31.9 Å². The van der Waals surface area contributed by atoms with E-state index in [1.807, 2.05) is 37.1 Å². The van der Waals surface area contributed by atoms with Crippen LogP contribution in [0.3, 0.4) is 0 Å². The highest BCUT2D eigenvalue weighted by Gasteiger charge is 2.45. The predicted octanol–water partition coefficient (Wildman–Crippen LogP) is 1.82. The summed E-state index contributed by atoms with van der Waals surface area (Å²) in [7, 11) is -6.97. The molecule has 0 atom stereocenters. The Morgan fingerprint density at radius 1 is 0.679 bits per heavy atom. The molecule has 0 spiro atoms. The Morgan fingerprint density at radius 3 is 1.29 bits per heavy atom. The number of carbonyl (C=O) groups excluding carboxylic acids is 2. The second kappa shape index (κ2) is 6.41. The van der Waals surface area contributed by atoms with Crippen LogP contribution in [0, 0.1) is 10.8 Å². The number of hydrogen-bond donors (Lipinski definition) is 2. The molecule has 10 heteroatoms. The van der Waals surface area contributed by atoms with Gasteiger partial charge in [-0.2, -0.15) is 0 Å². The first-order valence-electron chi connectivity index (χ1n) is 9.31. The number of allylic oxidation sites excluding steroid dienone is 2. The van der Waals surface area contributed by atoms with E-state index >= 15 is 0 Å². The fourth-order valence-corrected chi connectivity index (χ4v) is 7.55. The van der Waals surface area contributed by atoms with Gasteiger partial charge in [-0.1, -0.05) is 27.7 Å². The first kappa shape index (κ1) is 21.0. The van der Waals surface area contributed by atoms with Gasteiger partial charge in [-0.3, -0.25) is 9.59 Å². The Morgan fingerprint density at radius 2 is 1.00 bits per heavy atom. The van der Waals surface area contributed by atoms with Crippen LogP contribution in [0.2, 0.25) is 0 Å². The molecule has 4 rings (SSSR count). The topological polar surface area (TPSA) is 126 Å². The van der Waals surface area contributed by atoms with Crippen molar-refractivity contribution in [1.82, 2.24) is 9.44 Å². The molecular weight excluding hydrogens is 404 g/mol. The maximum atomic E-state index is 11.5. The Balaban J connectivity index is 0.000000161. The molecule has 0 aromatic carbocycles. The van der Waals surface area contributed by atoms with Gasteiger partial charge < -0.3 is 0 Å². The smallest absolute Gasteiger partial charge is 0.262 e. The second-order valence-corrected chi connectivity index (χ2v) is 12.3. The normalized spacial score (nSPS) is 28.6. The van der Waals surface area contributed by atoms with Crippen LogP contribution in [0.5, 0.6) is 0 Å². The molecular formula is C18H26N2O6S2. The summed E-state index contributed by atoms with van der Waals surface area (Å²) in [6.45, 7) is 7.67. The third-order valence-corrected chi connectivity index (χ3v) is 8.90. The number of hydrogen-bond acceptors (Lipinski definition) is 6. The maximum absolute atomic E-state index is 11.5. The molecule has 0 aromatic heterocycles. The molecule has 0 bridgehead atoms. The highest BCUT2D eigenvalue weighted by Crippen LogP contribution is 2.45. The van der Waals surface area contributed by atoms with Crippen LogP contribution in [-0.2, 0) is 29.6 Å². The lowest BCUT2D eigenvalue weighted by Gasteiger charge is -2.29. The number of carbonyl (C=O) groups is 2. The number of nitrogens with one attached hydrogen (secondary N) is 2. The average molecular weight is 431 g/mol. The highest BCUT2D eigenvalue weighted by atomic mass is 32.2. The van der Waals surface area contributed by atoms with Gasteiger partial charge in [-0.25, -0.2) is 26.3 Å². The van der Waals surface area contributed by atoms with Crippen molar-refractivity contribution in [1.29, 1.82) is 0 Å². The largest absolute Gasteiger partial charge is 0.269 e. The zero-order valence-electron chi connectivity index (χ0n) is 16.5. The Hall–Kier alpha value is -1.68. The monoisotopic (exact) mass is 430 g/mol. The van der Waals surface area contributed by atoms with E-state index in [1.54, 1.807) is 0 Å². The van der Waals surface area contributed by atoms with Gasteiger partial charge in [0.05, 0.1) is 9.81 Å². The third-order valence-electron chi connectivity index (χ3n) is 5.88. The average Bonchev–Trinajstić information content (AvgIpc) is 2.90. The maximum Gasteiger partial charge on any atom is 0.262 e. The zero-order chi connectivity index (χ0) is 21.1.